The summed E-state index contributed by atoms with van der Waals surface area (Å²) in [5.41, 5.74) is 0.839. The number of nitro groups is 1. The predicted octanol–water partition coefficient (Wildman–Crippen LogP) is 2.51. The van der Waals surface area contributed by atoms with E-state index in [1.54, 1.807) is 6.07 Å². The van der Waals surface area contributed by atoms with Crippen LogP contribution >= 0.6 is 0 Å². The van der Waals surface area contributed by atoms with E-state index in [1.807, 2.05) is 0 Å². The number of hydrogen-bond acceptors (Lipinski definition) is 4. The third-order valence-corrected chi connectivity index (χ3v) is 2.57. The van der Waals surface area contributed by atoms with Gasteiger partial charge in [0.25, 0.3) is 0 Å². The zero-order valence-corrected chi connectivity index (χ0v) is 8.80. The maximum absolute atomic E-state index is 10.4. The van der Waals surface area contributed by atoms with E-state index in [1.165, 1.54) is 12.3 Å². The van der Waals surface area contributed by atoms with E-state index in [0.717, 1.165) is 24.9 Å². The molecule has 5 nitrogen and oxygen atoms in total. The minimum Gasteiger partial charge on any atom is -0.379 e. The van der Waals surface area contributed by atoms with E-state index in [4.69, 9.17) is 0 Å². The summed E-state index contributed by atoms with van der Waals surface area (Å²) in [7, 11) is 0. The van der Waals surface area contributed by atoms with Crippen LogP contribution in [0.1, 0.15) is 19.3 Å². The van der Waals surface area contributed by atoms with Gasteiger partial charge in [-0.3, -0.25) is 0 Å². The summed E-state index contributed by atoms with van der Waals surface area (Å²) >= 11 is 0. The lowest BCUT2D eigenvalue weighted by molar-refractivity contribution is -0.389. The van der Waals surface area contributed by atoms with Gasteiger partial charge in [-0.1, -0.05) is 12.2 Å². The molecule has 1 aromatic heterocycles. The molecule has 5 heteroatoms. The second kappa shape index (κ2) is 4.74. The summed E-state index contributed by atoms with van der Waals surface area (Å²) in [4.78, 5) is 13.7. The average Bonchev–Trinajstić information content (AvgIpc) is 2.31. The largest absolute Gasteiger partial charge is 0.379 e. The first kappa shape index (κ1) is 10.6. The van der Waals surface area contributed by atoms with Crippen molar-refractivity contribution in [3.05, 3.63) is 40.6 Å². The summed E-state index contributed by atoms with van der Waals surface area (Å²) in [6, 6.07) is 3.53. The van der Waals surface area contributed by atoms with E-state index in [0.29, 0.717) is 6.04 Å². The fraction of sp³-hybridized carbons (Fsp3) is 0.364. The Kier molecular flexibility index (Phi) is 3.14. The standard InChI is InChI=1S/C11H13N3O2/c15-14(16)11-7-6-10(8-12-11)13-9-4-2-1-3-5-9/h1-2,6-9,13H,3-5H2. The molecule has 16 heavy (non-hydrogen) atoms. The van der Waals surface area contributed by atoms with Gasteiger partial charge in [0.2, 0.25) is 0 Å². The molecule has 0 saturated heterocycles. The normalized spacial score (nSPS) is 19.4. The molecular formula is C11H13N3O2. The van der Waals surface area contributed by atoms with Crippen molar-refractivity contribution in [1.82, 2.24) is 4.98 Å². The van der Waals surface area contributed by atoms with Crippen LogP contribution in [0.25, 0.3) is 0 Å². The smallest absolute Gasteiger partial charge is 0.363 e. The Hall–Kier alpha value is -1.91. The van der Waals surface area contributed by atoms with Gasteiger partial charge in [0, 0.05) is 12.1 Å². The molecule has 1 N–H and O–H groups in total. The van der Waals surface area contributed by atoms with Crippen LogP contribution in [0.2, 0.25) is 0 Å². The SMILES string of the molecule is O=[N+]([O-])c1ccc(NC2CC=CCC2)cn1. The van der Waals surface area contributed by atoms with Crippen molar-refractivity contribution < 1.29 is 4.92 Å². The second-order valence-electron chi connectivity index (χ2n) is 3.79. The van der Waals surface area contributed by atoms with Crippen molar-refractivity contribution in [2.24, 2.45) is 0 Å². The number of hydrogen-bond donors (Lipinski definition) is 1. The number of anilines is 1. The monoisotopic (exact) mass is 219 g/mol. The average molecular weight is 219 g/mol. The molecule has 0 aliphatic heterocycles. The molecule has 0 spiro atoms. The van der Waals surface area contributed by atoms with E-state index >= 15 is 0 Å². The zero-order valence-electron chi connectivity index (χ0n) is 8.80. The van der Waals surface area contributed by atoms with E-state index < -0.39 is 4.92 Å². The molecular weight excluding hydrogens is 206 g/mol. The molecule has 0 fully saturated rings. The topological polar surface area (TPSA) is 68.1 Å². The molecule has 1 aromatic rings. The van der Waals surface area contributed by atoms with Crippen LogP contribution < -0.4 is 5.32 Å². The third kappa shape index (κ3) is 2.56. The maximum atomic E-state index is 10.4. The molecule has 1 aliphatic rings. The highest BCUT2D eigenvalue weighted by Gasteiger charge is 2.11. The molecule has 0 radical (unpaired) electrons. The van der Waals surface area contributed by atoms with Gasteiger partial charge in [-0.2, -0.15) is 0 Å². The van der Waals surface area contributed by atoms with Gasteiger partial charge < -0.3 is 15.4 Å². The first-order chi connectivity index (χ1) is 7.75. The Morgan fingerprint density at radius 2 is 2.31 bits per heavy atom. The van der Waals surface area contributed by atoms with Gasteiger partial charge in [0.15, 0.2) is 6.20 Å². The highest BCUT2D eigenvalue weighted by molar-refractivity contribution is 5.44. The van der Waals surface area contributed by atoms with Gasteiger partial charge in [0.1, 0.15) is 0 Å². The van der Waals surface area contributed by atoms with E-state index in [-0.39, 0.29) is 5.82 Å². The molecule has 1 heterocycles. The van der Waals surface area contributed by atoms with Crippen LogP contribution in [0, 0.1) is 10.1 Å². The Labute approximate surface area is 93.3 Å². The molecule has 84 valence electrons. The molecule has 1 aliphatic carbocycles. The molecule has 2 rings (SSSR count). The number of nitrogens with zero attached hydrogens (tertiary/aromatic N) is 2. The van der Waals surface area contributed by atoms with Crippen molar-refractivity contribution in [3.63, 3.8) is 0 Å². The van der Waals surface area contributed by atoms with E-state index in [2.05, 4.69) is 22.5 Å². The lowest BCUT2D eigenvalue weighted by Crippen LogP contribution is -2.20. The summed E-state index contributed by atoms with van der Waals surface area (Å²) < 4.78 is 0. The second-order valence-corrected chi connectivity index (χ2v) is 3.79. The van der Waals surface area contributed by atoms with Gasteiger partial charge in [0.05, 0.1) is 5.69 Å². The Bertz CT molecular complexity index is 400. The first-order valence-electron chi connectivity index (χ1n) is 5.27. The predicted molar refractivity (Wildman–Crippen MR) is 61.3 cm³/mol. The van der Waals surface area contributed by atoms with Crippen LogP contribution in [0.4, 0.5) is 11.5 Å². The Balaban J connectivity index is 1.99. The van der Waals surface area contributed by atoms with Crippen molar-refractivity contribution in [3.8, 4) is 0 Å². The van der Waals surface area contributed by atoms with Crippen molar-refractivity contribution in [1.29, 1.82) is 0 Å². The number of aromatic nitrogens is 1. The van der Waals surface area contributed by atoms with Gasteiger partial charge >= 0.3 is 5.82 Å². The fourth-order valence-electron chi connectivity index (χ4n) is 1.74. The minimum absolute atomic E-state index is 0.117. The summed E-state index contributed by atoms with van der Waals surface area (Å²) in [5.74, 6) is -0.117. The molecule has 0 amide bonds. The van der Waals surface area contributed by atoms with E-state index in [9.17, 15) is 10.1 Å². The summed E-state index contributed by atoms with van der Waals surface area (Å²) in [6.45, 7) is 0. The summed E-state index contributed by atoms with van der Waals surface area (Å²) in [5, 5.41) is 13.7. The fourth-order valence-corrected chi connectivity index (χ4v) is 1.74. The number of allylic oxidation sites excluding steroid dienone is 1. The maximum Gasteiger partial charge on any atom is 0.363 e. The van der Waals surface area contributed by atoms with Crippen molar-refractivity contribution >= 4 is 11.5 Å². The lowest BCUT2D eigenvalue weighted by atomic mass is 10.0. The van der Waals surface area contributed by atoms with Crippen molar-refractivity contribution in [2.75, 3.05) is 5.32 Å². The number of nitrogens with one attached hydrogen (secondary N) is 1. The van der Waals surface area contributed by atoms with Crippen LogP contribution in [0.3, 0.4) is 0 Å². The van der Waals surface area contributed by atoms with Crippen LogP contribution in [-0.2, 0) is 0 Å². The molecule has 0 aromatic carbocycles. The first-order valence-corrected chi connectivity index (χ1v) is 5.27. The lowest BCUT2D eigenvalue weighted by Gasteiger charge is -2.19. The van der Waals surface area contributed by atoms with Gasteiger partial charge in [-0.05, 0) is 35.2 Å². The number of pyridine rings is 1. The van der Waals surface area contributed by atoms with Gasteiger partial charge in [-0.25, -0.2) is 0 Å². The van der Waals surface area contributed by atoms with Crippen molar-refractivity contribution in [2.45, 2.75) is 25.3 Å². The Morgan fingerprint density at radius 1 is 1.44 bits per heavy atom. The summed E-state index contributed by atoms with van der Waals surface area (Å²) in [6.07, 6.45) is 9.01. The molecule has 0 bridgehead atoms. The minimum atomic E-state index is -0.493. The van der Waals surface area contributed by atoms with Crippen LogP contribution in [-0.4, -0.2) is 15.9 Å². The third-order valence-electron chi connectivity index (χ3n) is 2.57. The highest BCUT2D eigenvalue weighted by atomic mass is 16.6. The highest BCUT2D eigenvalue weighted by Crippen LogP contribution is 2.18. The Morgan fingerprint density at radius 3 is 2.88 bits per heavy atom. The van der Waals surface area contributed by atoms with Crippen LogP contribution in [0.5, 0.6) is 0 Å². The number of rotatable bonds is 3. The quantitative estimate of drug-likeness (QED) is 0.482. The molecule has 1 unspecified atom stereocenters. The zero-order chi connectivity index (χ0) is 11.4. The van der Waals surface area contributed by atoms with Gasteiger partial charge in [-0.15, -0.1) is 0 Å². The molecule has 0 saturated carbocycles. The molecule has 1 atom stereocenters. The van der Waals surface area contributed by atoms with Crippen LogP contribution in [0.15, 0.2) is 30.5 Å².